The van der Waals surface area contributed by atoms with Crippen molar-refractivity contribution < 1.29 is 9.18 Å². The maximum absolute atomic E-state index is 12.6. The number of hydrogen-bond donors (Lipinski definition) is 2. The molecule has 0 aliphatic carbocycles. The molecule has 1 amide bonds. The molecule has 3 N–H and O–H groups in total. The molecule has 0 fully saturated rings. The Morgan fingerprint density at radius 3 is 2.60 bits per heavy atom. The Bertz CT molecular complexity index is 324. The molecule has 0 heterocycles. The van der Waals surface area contributed by atoms with E-state index in [1.54, 1.807) is 0 Å². The Morgan fingerprint density at radius 2 is 2.07 bits per heavy atom. The summed E-state index contributed by atoms with van der Waals surface area (Å²) in [7, 11) is 0. The van der Waals surface area contributed by atoms with Crippen LogP contribution in [-0.2, 0) is 4.79 Å². The molecule has 3 nitrogen and oxygen atoms in total. The first-order chi connectivity index (χ1) is 7.11. The van der Waals surface area contributed by atoms with E-state index < -0.39 is 0 Å². The van der Waals surface area contributed by atoms with Gasteiger partial charge in [-0.2, -0.15) is 0 Å². The fourth-order valence-corrected chi connectivity index (χ4v) is 1.13. The van der Waals surface area contributed by atoms with E-state index in [-0.39, 0.29) is 24.2 Å². The third-order valence-corrected chi connectivity index (χ3v) is 2.10. The Morgan fingerprint density at radius 1 is 1.47 bits per heavy atom. The summed E-state index contributed by atoms with van der Waals surface area (Å²) in [5.41, 5.74) is 6.22. The second-order valence-electron chi connectivity index (χ2n) is 3.43. The molecule has 1 atom stereocenters. The summed E-state index contributed by atoms with van der Waals surface area (Å²) in [4.78, 5) is 11.4. The normalized spacial score (nSPS) is 12.2. The minimum Gasteiger partial charge on any atom is -0.327 e. The zero-order valence-electron chi connectivity index (χ0n) is 8.66. The Kier molecular flexibility index (Phi) is 4.24. The first-order valence-corrected chi connectivity index (χ1v) is 4.92. The summed E-state index contributed by atoms with van der Waals surface area (Å²) in [6.07, 6.45) is 1.05. The number of carbonyl (C=O) groups excluding carboxylic acids is 1. The van der Waals surface area contributed by atoms with E-state index in [0.717, 1.165) is 6.42 Å². The van der Waals surface area contributed by atoms with Crippen molar-refractivity contribution in [3.63, 3.8) is 0 Å². The van der Waals surface area contributed by atoms with Gasteiger partial charge < -0.3 is 11.1 Å². The minimum absolute atomic E-state index is 0.120. The van der Waals surface area contributed by atoms with Gasteiger partial charge in [-0.25, -0.2) is 4.39 Å². The molecule has 0 aliphatic heterocycles. The van der Waals surface area contributed by atoms with Gasteiger partial charge in [0.15, 0.2) is 0 Å². The van der Waals surface area contributed by atoms with Gasteiger partial charge in [-0.3, -0.25) is 4.79 Å². The molecular weight excluding hydrogens is 195 g/mol. The Labute approximate surface area is 88.5 Å². The number of hydrogen-bond acceptors (Lipinski definition) is 2. The quantitative estimate of drug-likeness (QED) is 0.797. The van der Waals surface area contributed by atoms with E-state index in [2.05, 4.69) is 5.32 Å². The van der Waals surface area contributed by atoms with Crippen molar-refractivity contribution >= 4 is 11.6 Å². The standard InChI is InChI=1S/C11H15FN2O/c1-2-9(13)7-11(15)14-10-5-3-8(12)4-6-10/h3-6,9H,2,7,13H2,1H3,(H,14,15). The van der Waals surface area contributed by atoms with Crippen LogP contribution in [0.5, 0.6) is 0 Å². The molecule has 1 aromatic carbocycles. The number of halogens is 1. The molecule has 0 saturated carbocycles. The number of rotatable bonds is 4. The van der Waals surface area contributed by atoms with Crippen LogP contribution in [-0.4, -0.2) is 11.9 Å². The van der Waals surface area contributed by atoms with Crippen LogP contribution in [0.2, 0.25) is 0 Å². The molecule has 1 aromatic rings. The second-order valence-corrected chi connectivity index (χ2v) is 3.43. The van der Waals surface area contributed by atoms with Crippen LogP contribution in [0.25, 0.3) is 0 Å². The molecule has 0 spiro atoms. The summed E-state index contributed by atoms with van der Waals surface area (Å²) in [6.45, 7) is 1.93. The summed E-state index contributed by atoms with van der Waals surface area (Å²) in [5.74, 6) is -0.464. The first-order valence-electron chi connectivity index (χ1n) is 4.92. The average Bonchev–Trinajstić information content (AvgIpc) is 2.21. The van der Waals surface area contributed by atoms with E-state index in [9.17, 15) is 9.18 Å². The van der Waals surface area contributed by atoms with E-state index >= 15 is 0 Å². The van der Waals surface area contributed by atoms with Gasteiger partial charge in [-0.1, -0.05) is 6.92 Å². The SMILES string of the molecule is CCC(N)CC(=O)Nc1ccc(F)cc1. The Hall–Kier alpha value is -1.42. The van der Waals surface area contributed by atoms with Crippen LogP contribution in [0, 0.1) is 5.82 Å². The second kappa shape index (κ2) is 5.46. The summed E-state index contributed by atoms with van der Waals surface area (Å²) in [5, 5.41) is 2.65. The predicted octanol–water partition coefficient (Wildman–Crippen LogP) is 1.89. The predicted molar refractivity (Wildman–Crippen MR) is 57.9 cm³/mol. The number of anilines is 1. The van der Waals surface area contributed by atoms with Crippen LogP contribution >= 0.6 is 0 Å². The molecule has 0 aromatic heterocycles. The lowest BCUT2D eigenvalue weighted by Crippen LogP contribution is -2.26. The lowest BCUT2D eigenvalue weighted by atomic mass is 10.1. The number of carbonyl (C=O) groups is 1. The highest BCUT2D eigenvalue weighted by molar-refractivity contribution is 5.91. The van der Waals surface area contributed by atoms with Crippen molar-refractivity contribution in [2.75, 3.05) is 5.32 Å². The van der Waals surface area contributed by atoms with E-state index in [0.29, 0.717) is 5.69 Å². The lowest BCUT2D eigenvalue weighted by Gasteiger charge is -2.09. The van der Waals surface area contributed by atoms with Gasteiger partial charge in [0, 0.05) is 18.2 Å². The summed E-state index contributed by atoms with van der Waals surface area (Å²) in [6, 6.07) is 5.52. The highest BCUT2D eigenvalue weighted by Crippen LogP contribution is 2.09. The first kappa shape index (κ1) is 11.7. The van der Waals surface area contributed by atoms with Gasteiger partial charge in [0.25, 0.3) is 0 Å². The molecular formula is C11H15FN2O. The van der Waals surface area contributed by atoms with Gasteiger partial charge in [0.1, 0.15) is 5.82 Å². The zero-order chi connectivity index (χ0) is 11.3. The number of benzene rings is 1. The van der Waals surface area contributed by atoms with Crippen LogP contribution in [0.4, 0.5) is 10.1 Å². The smallest absolute Gasteiger partial charge is 0.225 e. The molecule has 0 radical (unpaired) electrons. The van der Waals surface area contributed by atoms with E-state index in [4.69, 9.17) is 5.73 Å². The number of nitrogens with two attached hydrogens (primary N) is 1. The molecule has 0 saturated heterocycles. The summed E-state index contributed by atoms with van der Waals surface area (Å²) >= 11 is 0. The van der Waals surface area contributed by atoms with Gasteiger partial charge in [0.2, 0.25) is 5.91 Å². The molecule has 0 aliphatic rings. The molecule has 4 heteroatoms. The maximum Gasteiger partial charge on any atom is 0.225 e. The zero-order valence-corrected chi connectivity index (χ0v) is 8.66. The molecule has 1 unspecified atom stereocenters. The Balaban J connectivity index is 2.48. The highest BCUT2D eigenvalue weighted by atomic mass is 19.1. The van der Waals surface area contributed by atoms with Crippen molar-refractivity contribution in [2.24, 2.45) is 5.73 Å². The van der Waals surface area contributed by atoms with Crippen molar-refractivity contribution in [1.29, 1.82) is 0 Å². The monoisotopic (exact) mass is 210 g/mol. The van der Waals surface area contributed by atoms with Crippen molar-refractivity contribution in [3.8, 4) is 0 Å². The van der Waals surface area contributed by atoms with Crippen molar-refractivity contribution in [1.82, 2.24) is 0 Å². The van der Waals surface area contributed by atoms with Crippen LogP contribution < -0.4 is 11.1 Å². The van der Waals surface area contributed by atoms with E-state index in [1.807, 2.05) is 6.92 Å². The fourth-order valence-electron chi connectivity index (χ4n) is 1.13. The van der Waals surface area contributed by atoms with Gasteiger partial charge in [-0.15, -0.1) is 0 Å². The van der Waals surface area contributed by atoms with Crippen LogP contribution in [0.15, 0.2) is 24.3 Å². The molecule has 15 heavy (non-hydrogen) atoms. The topological polar surface area (TPSA) is 55.1 Å². The van der Waals surface area contributed by atoms with Gasteiger partial charge in [-0.05, 0) is 30.7 Å². The third-order valence-electron chi connectivity index (χ3n) is 2.10. The molecule has 0 bridgehead atoms. The van der Waals surface area contributed by atoms with Gasteiger partial charge in [0.05, 0.1) is 0 Å². The fraction of sp³-hybridized carbons (Fsp3) is 0.364. The third kappa shape index (κ3) is 4.08. The maximum atomic E-state index is 12.6. The number of amides is 1. The molecule has 82 valence electrons. The van der Waals surface area contributed by atoms with E-state index in [1.165, 1.54) is 24.3 Å². The number of nitrogens with one attached hydrogen (secondary N) is 1. The lowest BCUT2D eigenvalue weighted by molar-refractivity contribution is -0.116. The average molecular weight is 210 g/mol. The van der Waals surface area contributed by atoms with Crippen LogP contribution in [0.1, 0.15) is 19.8 Å². The van der Waals surface area contributed by atoms with Crippen LogP contribution in [0.3, 0.4) is 0 Å². The van der Waals surface area contributed by atoms with Crippen molar-refractivity contribution in [2.45, 2.75) is 25.8 Å². The largest absolute Gasteiger partial charge is 0.327 e. The minimum atomic E-state index is -0.321. The molecule has 1 rings (SSSR count). The van der Waals surface area contributed by atoms with Crippen molar-refractivity contribution in [3.05, 3.63) is 30.1 Å². The van der Waals surface area contributed by atoms with Gasteiger partial charge >= 0.3 is 0 Å². The highest BCUT2D eigenvalue weighted by Gasteiger charge is 2.07. The summed E-state index contributed by atoms with van der Waals surface area (Å²) < 4.78 is 12.6.